The summed E-state index contributed by atoms with van der Waals surface area (Å²) in [7, 11) is 1.59. The van der Waals surface area contributed by atoms with E-state index in [-0.39, 0.29) is 17.6 Å². The van der Waals surface area contributed by atoms with Crippen LogP contribution in [0.3, 0.4) is 0 Å². The number of dihydropyridines is 1. The molecule has 0 spiro atoms. The quantitative estimate of drug-likeness (QED) is 0.470. The zero-order valence-corrected chi connectivity index (χ0v) is 20.2. The Bertz CT molecular complexity index is 1360. The summed E-state index contributed by atoms with van der Waals surface area (Å²) in [5.74, 6) is -0.610. The van der Waals surface area contributed by atoms with Gasteiger partial charge in [0, 0.05) is 51.4 Å². The van der Waals surface area contributed by atoms with Crippen LogP contribution in [0.5, 0.6) is 5.75 Å². The van der Waals surface area contributed by atoms with E-state index in [1.54, 1.807) is 30.6 Å². The van der Waals surface area contributed by atoms with Gasteiger partial charge in [-0.3, -0.25) is 9.59 Å². The molecule has 0 fully saturated rings. The Morgan fingerprint density at radius 3 is 2.69 bits per heavy atom. The number of methoxy groups -OCH3 is 1. The number of hydrogen-bond donors (Lipinski definition) is 2. The van der Waals surface area contributed by atoms with E-state index in [0.29, 0.717) is 41.1 Å². The van der Waals surface area contributed by atoms with Crippen LogP contribution in [-0.2, 0) is 9.59 Å². The highest BCUT2D eigenvalue weighted by Crippen LogP contribution is 2.46. The molecule has 1 aromatic heterocycles. The summed E-state index contributed by atoms with van der Waals surface area (Å²) >= 11 is 1.66. The van der Waals surface area contributed by atoms with Crippen LogP contribution >= 0.6 is 11.3 Å². The Balaban J connectivity index is 1.58. The van der Waals surface area contributed by atoms with E-state index in [1.807, 2.05) is 42.6 Å². The molecule has 5 nitrogen and oxygen atoms in total. The third-order valence-corrected chi connectivity index (χ3v) is 7.56. The first kappa shape index (κ1) is 23.1. The molecule has 2 N–H and O–H groups in total. The Morgan fingerprint density at radius 2 is 1.94 bits per heavy atom. The normalized spacial score (nSPS) is 19.8. The lowest BCUT2D eigenvalue weighted by Crippen LogP contribution is -2.37. The van der Waals surface area contributed by atoms with Gasteiger partial charge in [-0.05, 0) is 60.7 Å². The molecule has 0 saturated heterocycles. The Labute approximate surface area is 207 Å². The molecule has 2 aliphatic rings. The maximum atomic E-state index is 13.7. The van der Waals surface area contributed by atoms with E-state index < -0.39 is 11.7 Å². The number of ether oxygens (including phenoxy) is 1. The molecule has 178 valence electrons. The smallest absolute Gasteiger partial charge is 0.254 e. The van der Waals surface area contributed by atoms with Crippen molar-refractivity contribution in [2.24, 2.45) is 0 Å². The highest BCUT2D eigenvalue weighted by Gasteiger charge is 2.41. The molecular weight excluding hydrogens is 463 g/mol. The number of carbonyl (C=O) groups is 2. The zero-order chi connectivity index (χ0) is 24.5. The second-order valence-electron chi connectivity index (χ2n) is 8.77. The third-order valence-electron chi connectivity index (χ3n) is 6.53. The van der Waals surface area contributed by atoms with Crippen LogP contribution in [0.25, 0.3) is 0 Å². The molecule has 2 aromatic carbocycles. The van der Waals surface area contributed by atoms with Gasteiger partial charge in [0.15, 0.2) is 5.78 Å². The number of hydrogen-bond acceptors (Lipinski definition) is 5. The van der Waals surface area contributed by atoms with Crippen molar-refractivity contribution < 1.29 is 18.7 Å². The monoisotopic (exact) mass is 488 g/mol. The SMILES string of the molecule is COc1cccc([C@@H]2C(C(=O)Nc3cccc(F)c3)=C(C)NC3=C2C(=O)C[C@H](c2cccs2)C3)c1. The van der Waals surface area contributed by atoms with Gasteiger partial charge < -0.3 is 15.4 Å². The summed E-state index contributed by atoms with van der Waals surface area (Å²) in [6.45, 7) is 1.84. The summed E-state index contributed by atoms with van der Waals surface area (Å²) in [4.78, 5) is 28.4. The molecule has 0 saturated carbocycles. The summed E-state index contributed by atoms with van der Waals surface area (Å²) in [5.41, 5.74) is 3.72. The van der Waals surface area contributed by atoms with Gasteiger partial charge in [0.1, 0.15) is 11.6 Å². The van der Waals surface area contributed by atoms with Crippen molar-refractivity contribution in [3.05, 3.63) is 105 Å². The first-order valence-corrected chi connectivity index (χ1v) is 12.3. The van der Waals surface area contributed by atoms with Crippen LogP contribution < -0.4 is 15.4 Å². The predicted octanol–water partition coefficient (Wildman–Crippen LogP) is 5.90. The molecule has 0 unspecified atom stereocenters. The van der Waals surface area contributed by atoms with Gasteiger partial charge in [-0.2, -0.15) is 0 Å². The van der Waals surface area contributed by atoms with Crippen LogP contribution in [0, 0.1) is 5.82 Å². The van der Waals surface area contributed by atoms with Crippen LogP contribution in [0.1, 0.15) is 42.0 Å². The second kappa shape index (κ2) is 9.50. The molecule has 2 atom stereocenters. The molecule has 3 aromatic rings. The number of nitrogens with one attached hydrogen (secondary N) is 2. The molecule has 5 rings (SSSR count). The lowest BCUT2D eigenvalue weighted by Gasteiger charge is -2.36. The molecule has 1 aliphatic carbocycles. The van der Waals surface area contributed by atoms with Crippen molar-refractivity contribution in [1.82, 2.24) is 5.32 Å². The topological polar surface area (TPSA) is 67.4 Å². The molecule has 0 radical (unpaired) electrons. The number of halogens is 1. The molecule has 1 amide bonds. The number of allylic oxidation sites excluding steroid dienone is 3. The van der Waals surface area contributed by atoms with Crippen molar-refractivity contribution in [3.8, 4) is 5.75 Å². The highest BCUT2D eigenvalue weighted by atomic mass is 32.1. The van der Waals surface area contributed by atoms with E-state index in [9.17, 15) is 14.0 Å². The Hall–Kier alpha value is -3.71. The molecule has 0 bridgehead atoms. The summed E-state index contributed by atoms with van der Waals surface area (Å²) in [6, 6.07) is 17.3. The maximum Gasteiger partial charge on any atom is 0.254 e. The number of ketones is 1. The maximum absolute atomic E-state index is 13.7. The number of anilines is 1. The van der Waals surface area contributed by atoms with E-state index in [2.05, 4.69) is 16.7 Å². The van der Waals surface area contributed by atoms with Crippen LogP contribution in [-0.4, -0.2) is 18.8 Å². The van der Waals surface area contributed by atoms with Gasteiger partial charge in [0.05, 0.1) is 7.11 Å². The number of thiophene rings is 1. The van der Waals surface area contributed by atoms with Crippen LogP contribution in [0.2, 0.25) is 0 Å². The van der Waals surface area contributed by atoms with Gasteiger partial charge in [-0.15, -0.1) is 11.3 Å². The van der Waals surface area contributed by atoms with Gasteiger partial charge in [-0.25, -0.2) is 4.39 Å². The molecular formula is C28H25FN2O3S. The van der Waals surface area contributed by atoms with Crippen molar-refractivity contribution in [2.75, 3.05) is 12.4 Å². The van der Waals surface area contributed by atoms with Gasteiger partial charge in [0.2, 0.25) is 0 Å². The highest BCUT2D eigenvalue weighted by molar-refractivity contribution is 7.10. The first-order chi connectivity index (χ1) is 16.9. The Kier molecular flexibility index (Phi) is 6.26. The standard InChI is InChI=1S/C28H25FN2O3S/c1-16-25(28(33)31-20-8-4-7-19(29)15-20)26(17-6-3-9-21(12-17)34-2)27-22(30-16)13-18(14-23(27)32)24-10-5-11-35-24/h3-12,15,18,26,30H,13-14H2,1-2H3,(H,31,33)/t18-,26-/m1/s1. The minimum absolute atomic E-state index is 0.0218. The van der Waals surface area contributed by atoms with Gasteiger partial charge in [-0.1, -0.05) is 24.3 Å². The van der Waals surface area contributed by atoms with E-state index in [4.69, 9.17) is 4.74 Å². The summed E-state index contributed by atoms with van der Waals surface area (Å²) < 4.78 is 19.2. The van der Waals surface area contributed by atoms with Crippen LogP contribution in [0.4, 0.5) is 10.1 Å². The van der Waals surface area contributed by atoms with E-state index in [1.165, 1.54) is 17.0 Å². The fourth-order valence-corrected chi connectivity index (χ4v) is 5.81. The average molecular weight is 489 g/mol. The van der Waals surface area contributed by atoms with Crippen molar-refractivity contribution >= 4 is 28.7 Å². The van der Waals surface area contributed by atoms with Gasteiger partial charge >= 0.3 is 0 Å². The minimum atomic E-state index is -0.563. The number of amides is 1. The lowest BCUT2D eigenvalue weighted by molar-refractivity contribution is -0.116. The fourth-order valence-electron chi connectivity index (χ4n) is 4.98. The van der Waals surface area contributed by atoms with E-state index in [0.717, 1.165) is 11.3 Å². The second-order valence-corrected chi connectivity index (χ2v) is 9.75. The number of benzene rings is 2. The average Bonchev–Trinajstić information content (AvgIpc) is 3.38. The number of rotatable bonds is 5. The van der Waals surface area contributed by atoms with Crippen molar-refractivity contribution in [3.63, 3.8) is 0 Å². The predicted molar refractivity (Wildman–Crippen MR) is 135 cm³/mol. The van der Waals surface area contributed by atoms with Gasteiger partial charge in [0.25, 0.3) is 5.91 Å². The molecule has 1 aliphatic heterocycles. The Morgan fingerprint density at radius 1 is 1.11 bits per heavy atom. The minimum Gasteiger partial charge on any atom is -0.497 e. The summed E-state index contributed by atoms with van der Waals surface area (Å²) in [5, 5.41) is 8.21. The zero-order valence-electron chi connectivity index (χ0n) is 19.4. The summed E-state index contributed by atoms with van der Waals surface area (Å²) in [6.07, 6.45) is 1.08. The first-order valence-electron chi connectivity index (χ1n) is 11.4. The molecule has 35 heavy (non-hydrogen) atoms. The largest absolute Gasteiger partial charge is 0.497 e. The number of carbonyl (C=O) groups excluding carboxylic acids is 2. The number of Topliss-reactive ketones (excluding diaryl/α,β-unsaturated/α-hetero) is 1. The lowest BCUT2D eigenvalue weighted by atomic mass is 9.72. The third kappa shape index (κ3) is 4.51. The van der Waals surface area contributed by atoms with Crippen LogP contribution in [0.15, 0.2) is 88.6 Å². The molecule has 2 heterocycles. The van der Waals surface area contributed by atoms with Crippen molar-refractivity contribution in [1.29, 1.82) is 0 Å². The fraction of sp³-hybridized carbons (Fsp3) is 0.214. The van der Waals surface area contributed by atoms with Crippen molar-refractivity contribution in [2.45, 2.75) is 31.6 Å². The van der Waals surface area contributed by atoms with E-state index >= 15 is 0 Å². The molecule has 7 heteroatoms.